The lowest BCUT2D eigenvalue weighted by Crippen LogP contribution is -2.57. The molecule has 1 atom stereocenters. The summed E-state index contributed by atoms with van der Waals surface area (Å²) in [6.45, 7) is 5.37. The van der Waals surface area contributed by atoms with E-state index in [1.165, 1.54) is 0 Å². The van der Waals surface area contributed by atoms with E-state index in [-0.39, 0.29) is 24.2 Å². The lowest BCUT2D eigenvalue weighted by Gasteiger charge is -2.38. The van der Waals surface area contributed by atoms with Crippen molar-refractivity contribution in [1.82, 2.24) is 14.7 Å². The monoisotopic (exact) mass is 433 g/mol. The first kappa shape index (κ1) is 21.7. The van der Waals surface area contributed by atoms with Gasteiger partial charge in [-0.1, -0.05) is 56.3 Å². The van der Waals surface area contributed by atoms with Gasteiger partial charge in [0.2, 0.25) is 11.8 Å². The second-order valence-corrected chi connectivity index (χ2v) is 8.54. The Balaban J connectivity index is 1.58. The van der Waals surface area contributed by atoms with Crippen LogP contribution < -0.4 is 0 Å². The molecule has 0 radical (unpaired) electrons. The van der Waals surface area contributed by atoms with E-state index in [0.717, 1.165) is 10.5 Å². The minimum Gasteiger partial charge on any atom is -0.339 e. The molecule has 0 spiro atoms. The van der Waals surface area contributed by atoms with Crippen LogP contribution in [-0.2, 0) is 16.0 Å². The number of imide groups is 1. The lowest BCUT2D eigenvalue weighted by atomic mass is 10.0. The number of carbonyl (C=O) groups excluding carboxylic acids is 4. The van der Waals surface area contributed by atoms with Crippen LogP contribution in [0.5, 0.6) is 0 Å². The van der Waals surface area contributed by atoms with Crippen molar-refractivity contribution >= 4 is 23.6 Å². The molecule has 2 heterocycles. The number of carbonyl (C=O) groups is 4. The second-order valence-electron chi connectivity index (χ2n) is 8.54. The van der Waals surface area contributed by atoms with Crippen molar-refractivity contribution in [2.24, 2.45) is 5.92 Å². The van der Waals surface area contributed by atoms with E-state index in [1.54, 1.807) is 34.1 Å². The first-order valence-corrected chi connectivity index (χ1v) is 11.0. The zero-order valence-corrected chi connectivity index (χ0v) is 18.4. The van der Waals surface area contributed by atoms with Gasteiger partial charge in [-0.25, -0.2) is 0 Å². The molecule has 0 saturated carbocycles. The summed E-state index contributed by atoms with van der Waals surface area (Å²) in [5.74, 6) is -1.17. The van der Waals surface area contributed by atoms with Crippen LogP contribution in [0.2, 0.25) is 0 Å². The number of amides is 4. The Labute approximate surface area is 187 Å². The maximum absolute atomic E-state index is 13.6. The van der Waals surface area contributed by atoms with Crippen molar-refractivity contribution in [2.75, 3.05) is 26.2 Å². The molecule has 0 bridgehead atoms. The van der Waals surface area contributed by atoms with Gasteiger partial charge < -0.3 is 9.80 Å². The molecule has 1 unspecified atom stereocenters. The molecule has 1 saturated heterocycles. The number of nitrogens with zero attached hydrogens (tertiary/aromatic N) is 3. The summed E-state index contributed by atoms with van der Waals surface area (Å²) < 4.78 is 0. The highest BCUT2D eigenvalue weighted by Gasteiger charge is 2.44. The number of hydrogen-bond donors (Lipinski definition) is 0. The van der Waals surface area contributed by atoms with E-state index in [1.807, 2.05) is 44.2 Å². The highest BCUT2D eigenvalue weighted by molar-refractivity contribution is 6.22. The van der Waals surface area contributed by atoms with Gasteiger partial charge >= 0.3 is 0 Å². The summed E-state index contributed by atoms with van der Waals surface area (Å²) in [5, 5.41) is 0. The Morgan fingerprint density at radius 2 is 1.22 bits per heavy atom. The summed E-state index contributed by atoms with van der Waals surface area (Å²) in [7, 11) is 0. The lowest BCUT2D eigenvalue weighted by molar-refractivity contribution is -0.143. The molecule has 2 aromatic rings. The van der Waals surface area contributed by atoms with E-state index in [9.17, 15) is 19.2 Å². The predicted molar refractivity (Wildman–Crippen MR) is 119 cm³/mol. The predicted octanol–water partition coefficient (Wildman–Crippen LogP) is 2.22. The first-order chi connectivity index (χ1) is 15.4. The number of hydrogen-bond acceptors (Lipinski definition) is 4. The van der Waals surface area contributed by atoms with Gasteiger partial charge in [0.1, 0.15) is 6.04 Å². The summed E-state index contributed by atoms with van der Waals surface area (Å²) in [4.78, 5) is 56.7. The Hall–Kier alpha value is -3.48. The van der Waals surface area contributed by atoms with Crippen LogP contribution in [0, 0.1) is 5.92 Å². The molecule has 4 rings (SSSR count). The number of rotatable bonds is 5. The van der Waals surface area contributed by atoms with Gasteiger partial charge in [0.05, 0.1) is 11.1 Å². The van der Waals surface area contributed by atoms with Crippen molar-refractivity contribution in [2.45, 2.75) is 26.3 Å². The van der Waals surface area contributed by atoms with Gasteiger partial charge in [0.15, 0.2) is 0 Å². The highest BCUT2D eigenvalue weighted by atomic mass is 16.2. The average Bonchev–Trinajstić information content (AvgIpc) is 3.07. The van der Waals surface area contributed by atoms with Crippen LogP contribution >= 0.6 is 0 Å². The molecule has 7 nitrogen and oxygen atoms in total. The van der Waals surface area contributed by atoms with Gasteiger partial charge in [-0.15, -0.1) is 0 Å². The smallest absolute Gasteiger partial charge is 0.262 e. The molecule has 2 aliphatic rings. The fourth-order valence-corrected chi connectivity index (χ4v) is 4.34. The van der Waals surface area contributed by atoms with E-state index in [4.69, 9.17) is 0 Å². The molecule has 1 fully saturated rings. The van der Waals surface area contributed by atoms with Gasteiger partial charge in [-0.05, 0) is 17.7 Å². The maximum Gasteiger partial charge on any atom is 0.262 e. The van der Waals surface area contributed by atoms with Crippen molar-refractivity contribution in [3.05, 3.63) is 71.3 Å². The third-order valence-corrected chi connectivity index (χ3v) is 6.09. The van der Waals surface area contributed by atoms with E-state index in [0.29, 0.717) is 37.3 Å². The normalized spacial score (nSPS) is 17.0. The molecule has 0 aliphatic carbocycles. The van der Waals surface area contributed by atoms with Crippen LogP contribution in [0.4, 0.5) is 0 Å². The van der Waals surface area contributed by atoms with Crippen LogP contribution in [0.25, 0.3) is 0 Å². The van der Waals surface area contributed by atoms with Crippen molar-refractivity contribution in [1.29, 1.82) is 0 Å². The molecular formula is C25H27N3O4. The van der Waals surface area contributed by atoms with Crippen molar-refractivity contribution < 1.29 is 19.2 Å². The zero-order chi connectivity index (χ0) is 22.8. The van der Waals surface area contributed by atoms with Crippen LogP contribution in [0.15, 0.2) is 54.6 Å². The van der Waals surface area contributed by atoms with E-state index >= 15 is 0 Å². The Morgan fingerprint density at radius 1 is 0.750 bits per heavy atom. The number of fused-ring (bicyclic) bond motifs is 1. The minimum atomic E-state index is -0.933. The van der Waals surface area contributed by atoms with Crippen LogP contribution in [0.3, 0.4) is 0 Å². The summed E-state index contributed by atoms with van der Waals surface area (Å²) in [5.41, 5.74) is 1.53. The van der Waals surface area contributed by atoms with Gasteiger partial charge in [0.25, 0.3) is 11.8 Å². The third-order valence-electron chi connectivity index (χ3n) is 6.09. The minimum absolute atomic E-state index is 0.0679. The third kappa shape index (κ3) is 4.02. The first-order valence-electron chi connectivity index (χ1n) is 11.0. The van der Waals surface area contributed by atoms with Gasteiger partial charge in [-0.2, -0.15) is 0 Å². The average molecular weight is 434 g/mol. The molecule has 0 aromatic heterocycles. The topological polar surface area (TPSA) is 78.0 Å². The molecule has 4 amide bonds. The zero-order valence-electron chi connectivity index (χ0n) is 18.4. The standard InChI is InChI=1S/C25H27N3O4/c1-17(2)22(29)26-12-14-27(15-13-26)25(32)21(16-18-8-4-3-5-9-18)28-23(30)19-10-6-7-11-20(19)24(28)31/h3-11,17,21H,12-16H2,1-2H3. The fraction of sp³-hybridized carbons (Fsp3) is 0.360. The molecule has 32 heavy (non-hydrogen) atoms. The molecule has 2 aromatic carbocycles. The molecule has 7 heteroatoms. The maximum atomic E-state index is 13.6. The SMILES string of the molecule is CC(C)C(=O)N1CCN(C(=O)C(Cc2ccccc2)N2C(=O)c3ccccc3C2=O)CC1. The quantitative estimate of drug-likeness (QED) is 0.678. The summed E-state index contributed by atoms with van der Waals surface area (Å²) >= 11 is 0. The van der Waals surface area contributed by atoms with Crippen molar-refractivity contribution in [3.63, 3.8) is 0 Å². The Morgan fingerprint density at radius 3 is 1.72 bits per heavy atom. The largest absolute Gasteiger partial charge is 0.339 e. The highest BCUT2D eigenvalue weighted by Crippen LogP contribution is 2.27. The summed E-state index contributed by atoms with van der Waals surface area (Å²) in [6.07, 6.45) is 0.246. The number of benzene rings is 2. The molecule has 0 N–H and O–H groups in total. The second kappa shape index (κ2) is 8.94. The van der Waals surface area contributed by atoms with Gasteiger partial charge in [-0.3, -0.25) is 24.1 Å². The fourth-order valence-electron chi connectivity index (χ4n) is 4.34. The van der Waals surface area contributed by atoms with E-state index in [2.05, 4.69) is 0 Å². The van der Waals surface area contributed by atoms with Gasteiger partial charge in [0, 0.05) is 38.5 Å². The number of piperazine rings is 1. The van der Waals surface area contributed by atoms with Crippen molar-refractivity contribution in [3.8, 4) is 0 Å². The van der Waals surface area contributed by atoms with E-state index < -0.39 is 17.9 Å². The van der Waals surface area contributed by atoms with Crippen LogP contribution in [-0.4, -0.2) is 70.5 Å². The molecule has 2 aliphatic heterocycles. The Bertz CT molecular complexity index is 1010. The van der Waals surface area contributed by atoms with Crippen LogP contribution in [0.1, 0.15) is 40.1 Å². The Kier molecular flexibility index (Phi) is 6.08. The summed E-state index contributed by atoms with van der Waals surface area (Å²) in [6, 6.07) is 15.1. The molecule has 166 valence electrons. The molecular weight excluding hydrogens is 406 g/mol.